The molecule has 0 aliphatic carbocycles. The highest BCUT2D eigenvalue weighted by molar-refractivity contribution is 6.33. The predicted octanol–water partition coefficient (Wildman–Crippen LogP) is 2.44. The molecular formula is C17H15ClN4O4. The standard InChI is InChI=1S/C17H15ClN4O4/c1-11-6-7-12(8-15(11)22(25)26)17(24)19-10-16(23)21-20-9-13-4-2-3-5-14(13)18/h2-9H,10H2,1H3,(H,19,24)(H,21,23)/b20-9+. The third kappa shape index (κ3) is 5.12. The lowest BCUT2D eigenvalue weighted by atomic mass is 10.1. The lowest BCUT2D eigenvalue weighted by molar-refractivity contribution is -0.385. The number of hydrogen-bond donors (Lipinski definition) is 2. The first-order chi connectivity index (χ1) is 12.4. The zero-order valence-corrected chi connectivity index (χ0v) is 14.5. The lowest BCUT2D eigenvalue weighted by Gasteiger charge is -2.05. The van der Waals surface area contributed by atoms with Crippen molar-refractivity contribution in [2.45, 2.75) is 6.92 Å². The van der Waals surface area contributed by atoms with Crippen molar-refractivity contribution in [1.82, 2.24) is 10.7 Å². The summed E-state index contributed by atoms with van der Waals surface area (Å²) in [5.74, 6) is -1.15. The van der Waals surface area contributed by atoms with E-state index in [1.807, 2.05) is 0 Å². The summed E-state index contributed by atoms with van der Waals surface area (Å²) in [4.78, 5) is 34.0. The molecule has 0 aliphatic rings. The van der Waals surface area contributed by atoms with E-state index in [1.165, 1.54) is 18.3 Å². The summed E-state index contributed by atoms with van der Waals surface area (Å²) in [7, 11) is 0. The van der Waals surface area contributed by atoms with Crippen molar-refractivity contribution in [3.8, 4) is 0 Å². The molecular weight excluding hydrogens is 360 g/mol. The summed E-state index contributed by atoms with van der Waals surface area (Å²) in [5.41, 5.74) is 3.26. The van der Waals surface area contributed by atoms with Crippen LogP contribution < -0.4 is 10.7 Å². The molecule has 0 aromatic heterocycles. The minimum atomic E-state index is -0.599. The second kappa shape index (κ2) is 8.72. The number of nitrogens with zero attached hydrogens (tertiary/aromatic N) is 2. The molecule has 0 saturated carbocycles. The second-order valence-electron chi connectivity index (χ2n) is 5.26. The molecule has 9 heteroatoms. The van der Waals surface area contributed by atoms with Crippen molar-refractivity contribution >= 4 is 35.3 Å². The SMILES string of the molecule is Cc1ccc(C(=O)NCC(=O)N/N=C/c2ccccc2Cl)cc1[N+](=O)[O-]. The number of nitro benzene ring substituents is 1. The molecule has 0 fully saturated rings. The Balaban J connectivity index is 1.89. The van der Waals surface area contributed by atoms with Crippen LogP contribution in [0.1, 0.15) is 21.5 Å². The maximum absolute atomic E-state index is 12.0. The van der Waals surface area contributed by atoms with Gasteiger partial charge >= 0.3 is 0 Å². The summed E-state index contributed by atoms with van der Waals surface area (Å²) in [6.45, 7) is 1.24. The highest BCUT2D eigenvalue weighted by atomic mass is 35.5. The smallest absolute Gasteiger partial charge is 0.273 e. The molecule has 0 atom stereocenters. The molecule has 0 radical (unpaired) electrons. The second-order valence-corrected chi connectivity index (χ2v) is 5.66. The summed E-state index contributed by atoms with van der Waals surface area (Å²) in [5, 5.41) is 17.5. The van der Waals surface area contributed by atoms with Crippen molar-refractivity contribution in [3.05, 3.63) is 74.3 Å². The van der Waals surface area contributed by atoms with Gasteiger partial charge in [-0.25, -0.2) is 5.43 Å². The van der Waals surface area contributed by atoms with E-state index in [0.29, 0.717) is 16.1 Å². The van der Waals surface area contributed by atoms with E-state index >= 15 is 0 Å². The van der Waals surface area contributed by atoms with Gasteiger partial charge in [0.2, 0.25) is 0 Å². The molecule has 2 N–H and O–H groups in total. The van der Waals surface area contributed by atoms with Gasteiger partial charge in [0.15, 0.2) is 0 Å². The first kappa shape index (κ1) is 19.1. The molecule has 0 unspecified atom stereocenters. The van der Waals surface area contributed by atoms with Crippen LogP contribution in [0.3, 0.4) is 0 Å². The number of carbonyl (C=O) groups is 2. The van der Waals surface area contributed by atoms with E-state index in [2.05, 4.69) is 15.8 Å². The van der Waals surface area contributed by atoms with Crippen molar-refractivity contribution in [2.24, 2.45) is 5.10 Å². The maximum Gasteiger partial charge on any atom is 0.273 e. The minimum absolute atomic E-state index is 0.0923. The number of hydrazone groups is 1. The van der Waals surface area contributed by atoms with Gasteiger partial charge in [0.1, 0.15) is 0 Å². The van der Waals surface area contributed by atoms with Gasteiger partial charge in [-0.2, -0.15) is 5.10 Å². The first-order valence-corrected chi connectivity index (χ1v) is 7.86. The van der Waals surface area contributed by atoms with Crippen LogP contribution in [0.5, 0.6) is 0 Å². The van der Waals surface area contributed by atoms with E-state index in [1.54, 1.807) is 31.2 Å². The molecule has 0 saturated heterocycles. The Morgan fingerprint density at radius 2 is 2.00 bits per heavy atom. The van der Waals surface area contributed by atoms with Gasteiger partial charge in [-0.15, -0.1) is 0 Å². The molecule has 0 aliphatic heterocycles. The van der Waals surface area contributed by atoms with Gasteiger partial charge in [-0.05, 0) is 19.1 Å². The van der Waals surface area contributed by atoms with Crippen LogP contribution in [0, 0.1) is 17.0 Å². The fraction of sp³-hybridized carbons (Fsp3) is 0.118. The number of nitro groups is 1. The molecule has 0 spiro atoms. The van der Waals surface area contributed by atoms with Crippen molar-refractivity contribution in [3.63, 3.8) is 0 Å². The Labute approximate surface area is 154 Å². The molecule has 2 aromatic carbocycles. The predicted molar refractivity (Wildman–Crippen MR) is 97.4 cm³/mol. The highest BCUT2D eigenvalue weighted by Gasteiger charge is 2.15. The Bertz CT molecular complexity index is 883. The van der Waals surface area contributed by atoms with E-state index in [-0.39, 0.29) is 17.8 Å². The summed E-state index contributed by atoms with van der Waals surface area (Å²) >= 11 is 5.95. The van der Waals surface area contributed by atoms with Gasteiger partial charge in [0.25, 0.3) is 17.5 Å². The monoisotopic (exact) mass is 374 g/mol. The Hall–Kier alpha value is -3.26. The van der Waals surface area contributed by atoms with Crippen molar-refractivity contribution in [2.75, 3.05) is 6.54 Å². The topological polar surface area (TPSA) is 114 Å². The average molecular weight is 375 g/mol. The van der Waals surface area contributed by atoms with Crippen LogP contribution in [0.2, 0.25) is 5.02 Å². The van der Waals surface area contributed by atoms with Crippen LogP contribution in [0.15, 0.2) is 47.6 Å². The third-order valence-corrected chi connectivity index (χ3v) is 3.72. The number of benzene rings is 2. The molecule has 2 amide bonds. The van der Waals surface area contributed by atoms with Gasteiger partial charge in [0.05, 0.1) is 17.7 Å². The zero-order valence-electron chi connectivity index (χ0n) is 13.7. The number of aryl methyl sites for hydroxylation is 1. The summed E-state index contributed by atoms with van der Waals surface area (Å²) in [6, 6.07) is 11.0. The third-order valence-electron chi connectivity index (χ3n) is 3.38. The number of hydrogen-bond acceptors (Lipinski definition) is 5. The lowest BCUT2D eigenvalue weighted by Crippen LogP contribution is -2.34. The van der Waals surface area contributed by atoms with E-state index < -0.39 is 16.7 Å². The van der Waals surface area contributed by atoms with E-state index in [4.69, 9.17) is 11.6 Å². The van der Waals surface area contributed by atoms with Crippen LogP contribution in [-0.4, -0.2) is 29.5 Å². The van der Waals surface area contributed by atoms with Gasteiger partial charge in [-0.1, -0.05) is 35.9 Å². The molecule has 8 nitrogen and oxygen atoms in total. The largest absolute Gasteiger partial charge is 0.343 e. The fourth-order valence-electron chi connectivity index (χ4n) is 2.00. The molecule has 0 bridgehead atoms. The number of carbonyl (C=O) groups excluding carboxylic acids is 2. The maximum atomic E-state index is 12.0. The number of rotatable bonds is 6. The summed E-state index contributed by atoms with van der Waals surface area (Å²) < 4.78 is 0. The van der Waals surface area contributed by atoms with Crippen LogP contribution >= 0.6 is 11.6 Å². The van der Waals surface area contributed by atoms with E-state index in [9.17, 15) is 19.7 Å². The quantitative estimate of drug-likeness (QED) is 0.459. The van der Waals surface area contributed by atoms with Gasteiger partial charge in [-0.3, -0.25) is 19.7 Å². The number of nitrogens with one attached hydrogen (secondary N) is 2. The Kier molecular flexibility index (Phi) is 6.40. The molecule has 2 rings (SSSR count). The van der Waals surface area contributed by atoms with Crippen molar-refractivity contribution < 1.29 is 14.5 Å². The molecule has 134 valence electrons. The van der Waals surface area contributed by atoms with Gasteiger partial charge < -0.3 is 5.32 Å². The fourth-order valence-corrected chi connectivity index (χ4v) is 2.19. The van der Waals surface area contributed by atoms with Crippen molar-refractivity contribution in [1.29, 1.82) is 0 Å². The van der Waals surface area contributed by atoms with Crippen LogP contribution in [0.25, 0.3) is 0 Å². The minimum Gasteiger partial charge on any atom is -0.343 e. The Morgan fingerprint density at radius 3 is 2.69 bits per heavy atom. The normalized spacial score (nSPS) is 10.5. The highest BCUT2D eigenvalue weighted by Crippen LogP contribution is 2.19. The van der Waals surface area contributed by atoms with Crippen LogP contribution in [-0.2, 0) is 4.79 Å². The average Bonchev–Trinajstić information content (AvgIpc) is 2.61. The molecule has 2 aromatic rings. The molecule has 0 heterocycles. The van der Waals surface area contributed by atoms with E-state index in [0.717, 1.165) is 6.07 Å². The number of halogens is 1. The Morgan fingerprint density at radius 1 is 1.27 bits per heavy atom. The zero-order chi connectivity index (χ0) is 19.1. The molecule has 26 heavy (non-hydrogen) atoms. The van der Waals surface area contributed by atoms with Gasteiger partial charge in [0, 0.05) is 27.8 Å². The summed E-state index contributed by atoms with van der Waals surface area (Å²) in [6.07, 6.45) is 1.38. The van der Waals surface area contributed by atoms with Crippen LogP contribution in [0.4, 0.5) is 5.69 Å². The number of amides is 2. The first-order valence-electron chi connectivity index (χ1n) is 7.48.